The highest BCUT2D eigenvalue weighted by molar-refractivity contribution is 5.93. The van der Waals surface area contributed by atoms with Gasteiger partial charge in [-0.25, -0.2) is 14.3 Å². The first-order valence-corrected chi connectivity index (χ1v) is 8.94. The van der Waals surface area contributed by atoms with Crippen molar-refractivity contribution in [2.24, 2.45) is 5.92 Å². The van der Waals surface area contributed by atoms with E-state index in [1.165, 1.54) is 22.2 Å². The number of aromatic nitrogens is 1. The number of hydroxylamine groups is 1. The number of carbonyl (C=O) groups excluding carboxylic acids is 1. The summed E-state index contributed by atoms with van der Waals surface area (Å²) in [6, 6.07) is 1.56. The zero-order chi connectivity index (χ0) is 18.7. The van der Waals surface area contributed by atoms with E-state index in [1.54, 1.807) is 6.07 Å². The van der Waals surface area contributed by atoms with Crippen molar-refractivity contribution >= 4 is 5.91 Å². The molecule has 0 spiro atoms. The predicted molar refractivity (Wildman–Crippen MR) is 92.3 cm³/mol. The molecule has 2 aliphatic carbocycles. The Labute approximate surface area is 150 Å². The van der Waals surface area contributed by atoms with Gasteiger partial charge in [0.2, 0.25) is 0 Å². The number of hydrogen-bond donors (Lipinski definition) is 2. The molecule has 5 nitrogen and oxygen atoms in total. The van der Waals surface area contributed by atoms with Crippen LogP contribution in [0.2, 0.25) is 0 Å². The largest absolute Gasteiger partial charge is 0.311 e. The van der Waals surface area contributed by atoms with E-state index in [0.717, 1.165) is 43.4 Å². The van der Waals surface area contributed by atoms with Crippen LogP contribution < -0.4 is 11.0 Å². The topological polar surface area (TPSA) is 71.3 Å². The highest BCUT2D eigenvalue weighted by Crippen LogP contribution is 2.27. The van der Waals surface area contributed by atoms with E-state index in [2.05, 4.69) is 0 Å². The maximum absolute atomic E-state index is 13.6. The lowest BCUT2D eigenvalue weighted by atomic mass is 9.94. The average molecular weight is 364 g/mol. The minimum atomic E-state index is -0.915. The Morgan fingerprint density at radius 3 is 2.62 bits per heavy atom. The predicted octanol–water partition coefficient (Wildman–Crippen LogP) is 3.35. The highest BCUT2D eigenvalue weighted by atomic mass is 19.2. The Balaban J connectivity index is 2.05. The summed E-state index contributed by atoms with van der Waals surface area (Å²) in [4.78, 5) is 24.8. The van der Waals surface area contributed by atoms with Crippen LogP contribution in [0.5, 0.6) is 0 Å². The van der Waals surface area contributed by atoms with Crippen molar-refractivity contribution in [1.29, 1.82) is 0 Å². The van der Waals surface area contributed by atoms with Gasteiger partial charge in [0.1, 0.15) is 5.56 Å². The van der Waals surface area contributed by atoms with Gasteiger partial charge in [-0.05, 0) is 55.9 Å². The number of rotatable bonds is 3. The highest BCUT2D eigenvalue weighted by Gasteiger charge is 2.23. The van der Waals surface area contributed by atoms with Gasteiger partial charge < -0.3 is 4.57 Å². The molecular formula is C19H22F2N2O3. The summed E-state index contributed by atoms with van der Waals surface area (Å²) in [6.07, 6.45) is 8.14. The molecule has 1 atom stereocenters. The minimum Gasteiger partial charge on any atom is -0.311 e. The van der Waals surface area contributed by atoms with Gasteiger partial charge in [0.25, 0.3) is 11.5 Å². The van der Waals surface area contributed by atoms with E-state index in [0.29, 0.717) is 6.42 Å². The van der Waals surface area contributed by atoms with Crippen molar-refractivity contribution in [1.82, 2.24) is 10.0 Å². The maximum atomic E-state index is 13.6. The van der Waals surface area contributed by atoms with Gasteiger partial charge in [0, 0.05) is 18.2 Å². The molecule has 26 heavy (non-hydrogen) atoms. The lowest BCUT2D eigenvalue weighted by Gasteiger charge is -2.24. The molecule has 0 aliphatic heterocycles. The van der Waals surface area contributed by atoms with Crippen molar-refractivity contribution in [3.8, 4) is 0 Å². The Hall–Kier alpha value is -2.28. The smallest absolute Gasteiger partial charge is 0.280 e. The number of allylic oxidation sites excluding steroid dienone is 4. The normalized spacial score (nSPS) is 20.3. The molecule has 7 heteroatoms. The van der Waals surface area contributed by atoms with Crippen molar-refractivity contribution < 1.29 is 18.8 Å². The van der Waals surface area contributed by atoms with E-state index in [1.807, 2.05) is 0 Å². The maximum Gasteiger partial charge on any atom is 0.280 e. The van der Waals surface area contributed by atoms with Crippen molar-refractivity contribution in [3.05, 3.63) is 57.0 Å². The fourth-order valence-electron chi connectivity index (χ4n) is 3.72. The summed E-state index contributed by atoms with van der Waals surface area (Å²) in [7, 11) is 0. The summed E-state index contributed by atoms with van der Waals surface area (Å²) in [5.74, 6) is -3.02. The van der Waals surface area contributed by atoms with E-state index in [4.69, 9.17) is 5.21 Å². The van der Waals surface area contributed by atoms with Crippen LogP contribution in [-0.4, -0.2) is 15.7 Å². The van der Waals surface area contributed by atoms with Gasteiger partial charge >= 0.3 is 0 Å². The molecule has 0 fully saturated rings. The Morgan fingerprint density at radius 2 is 1.92 bits per heavy atom. The van der Waals surface area contributed by atoms with Crippen molar-refractivity contribution in [2.75, 3.05) is 0 Å². The standard InChI is InChI=1S/C19H22F2N2O3/c20-15-8-7-12(9-16(15)21)11-23-17-6-4-2-1-3-5-13(17)10-14(19(23)25)18(24)22-26/h8-10,12,26H,1-7,11H2,(H,22,24). The second-order valence-corrected chi connectivity index (χ2v) is 6.86. The first kappa shape index (κ1) is 18.5. The quantitative estimate of drug-likeness (QED) is 0.638. The summed E-state index contributed by atoms with van der Waals surface area (Å²) in [5, 5.41) is 8.94. The average Bonchev–Trinajstić information content (AvgIpc) is 2.61. The molecule has 2 N–H and O–H groups in total. The van der Waals surface area contributed by atoms with Crippen LogP contribution in [-0.2, 0) is 19.4 Å². The second-order valence-electron chi connectivity index (χ2n) is 6.86. The van der Waals surface area contributed by atoms with E-state index in [9.17, 15) is 18.4 Å². The molecular weight excluding hydrogens is 342 g/mol. The molecule has 1 aromatic rings. The van der Waals surface area contributed by atoms with Crippen molar-refractivity contribution in [2.45, 2.75) is 51.5 Å². The third-order valence-electron chi connectivity index (χ3n) is 5.07. The van der Waals surface area contributed by atoms with Crippen LogP contribution in [0.15, 0.2) is 34.7 Å². The molecule has 1 amide bonds. The number of nitrogens with zero attached hydrogens (tertiary/aromatic N) is 1. The third-order valence-corrected chi connectivity index (χ3v) is 5.07. The molecule has 0 bridgehead atoms. The van der Waals surface area contributed by atoms with Crippen molar-refractivity contribution in [3.63, 3.8) is 0 Å². The third kappa shape index (κ3) is 3.77. The molecule has 0 saturated heterocycles. The van der Waals surface area contributed by atoms with Gasteiger partial charge in [0.15, 0.2) is 11.7 Å². The lowest BCUT2D eigenvalue weighted by Crippen LogP contribution is -2.35. The van der Waals surface area contributed by atoms with E-state index < -0.39 is 23.1 Å². The van der Waals surface area contributed by atoms with Crippen LogP contribution in [0.25, 0.3) is 0 Å². The number of carbonyl (C=O) groups is 1. The van der Waals surface area contributed by atoms with Gasteiger partial charge in [-0.1, -0.05) is 12.8 Å². The number of fused-ring (bicyclic) bond motifs is 1. The number of pyridine rings is 1. The number of aryl methyl sites for hydroxylation is 1. The van der Waals surface area contributed by atoms with Gasteiger partial charge in [-0.3, -0.25) is 14.8 Å². The number of halogens is 2. The van der Waals surface area contributed by atoms with Crippen LogP contribution in [0, 0.1) is 5.92 Å². The van der Waals surface area contributed by atoms with Gasteiger partial charge in [-0.15, -0.1) is 0 Å². The Bertz CT molecular complexity index is 827. The fraction of sp³-hybridized carbons (Fsp3) is 0.474. The zero-order valence-corrected chi connectivity index (χ0v) is 14.4. The Morgan fingerprint density at radius 1 is 1.19 bits per heavy atom. The van der Waals surface area contributed by atoms with Gasteiger partial charge in [0.05, 0.1) is 0 Å². The Kier molecular flexibility index (Phi) is 5.66. The number of hydrogen-bond acceptors (Lipinski definition) is 3. The van der Waals surface area contributed by atoms with E-state index >= 15 is 0 Å². The number of amides is 1. The van der Waals surface area contributed by atoms with Gasteiger partial charge in [-0.2, -0.15) is 0 Å². The minimum absolute atomic E-state index is 0.131. The molecule has 1 heterocycles. The van der Waals surface area contributed by atoms with Crippen LogP contribution in [0.4, 0.5) is 8.78 Å². The van der Waals surface area contributed by atoms with Crippen LogP contribution in [0.1, 0.15) is 53.7 Å². The van der Waals surface area contributed by atoms with Crippen LogP contribution >= 0.6 is 0 Å². The molecule has 0 aromatic carbocycles. The SMILES string of the molecule is O=C(NO)c1cc2c(n(CC3C=C(F)C(F)=CC3)c1=O)CCCCCC2. The summed E-state index contributed by atoms with van der Waals surface area (Å²) < 4.78 is 28.3. The zero-order valence-electron chi connectivity index (χ0n) is 14.4. The lowest BCUT2D eigenvalue weighted by molar-refractivity contribution is 0.0703. The van der Waals surface area contributed by atoms with Crippen LogP contribution in [0.3, 0.4) is 0 Å². The summed E-state index contributed by atoms with van der Waals surface area (Å²) in [5.41, 5.74) is 2.63. The fourth-order valence-corrected chi connectivity index (χ4v) is 3.72. The van der Waals surface area contributed by atoms with E-state index in [-0.39, 0.29) is 24.4 Å². The molecule has 140 valence electrons. The summed E-state index contributed by atoms with van der Waals surface area (Å²) in [6.45, 7) is 0.172. The monoisotopic (exact) mass is 364 g/mol. The molecule has 0 saturated carbocycles. The second kappa shape index (κ2) is 7.95. The molecule has 2 aliphatic rings. The molecule has 0 radical (unpaired) electrons. The first-order valence-electron chi connectivity index (χ1n) is 8.94. The summed E-state index contributed by atoms with van der Waals surface area (Å²) >= 11 is 0. The molecule has 1 unspecified atom stereocenters. The first-order chi connectivity index (χ1) is 12.5. The molecule has 1 aromatic heterocycles. The molecule has 3 rings (SSSR count). The number of nitrogens with one attached hydrogen (secondary N) is 1.